The third-order valence-corrected chi connectivity index (χ3v) is 4.56. The van der Waals surface area contributed by atoms with Gasteiger partial charge in [0.05, 0.1) is 0 Å². The molecule has 2 unspecified atom stereocenters. The molecule has 0 saturated carbocycles. The van der Waals surface area contributed by atoms with E-state index in [1.165, 1.54) is 0 Å². The largest absolute Gasteiger partial charge is 0.340 e. The number of hydrogen-bond acceptors (Lipinski definition) is 3. The average Bonchev–Trinajstić information content (AvgIpc) is 2.36. The number of rotatable bonds is 6. The van der Waals surface area contributed by atoms with Gasteiger partial charge in [-0.3, -0.25) is 9.59 Å². The van der Waals surface area contributed by atoms with E-state index in [4.69, 9.17) is 0 Å². The van der Waals surface area contributed by atoms with Crippen molar-refractivity contribution in [2.75, 3.05) is 18.1 Å². The Balaban J connectivity index is 2.67. The molecule has 1 saturated heterocycles. The Labute approximate surface area is 114 Å². The molecule has 1 aliphatic heterocycles. The van der Waals surface area contributed by atoms with Crippen molar-refractivity contribution in [2.24, 2.45) is 0 Å². The van der Waals surface area contributed by atoms with Crippen molar-refractivity contribution in [3.05, 3.63) is 0 Å². The molecule has 0 aromatic carbocycles. The van der Waals surface area contributed by atoms with Crippen molar-refractivity contribution in [1.29, 1.82) is 0 Å². The van der Waals surface area contributed by atoms with Gasteiger partial charge in [0.15, 0.2) is 0 Å². The first-order chi connectivity index (χ1) is 8.46. The molecular weight excluding hydrogens is 248 g/mol. The fourth-order valence-electron chi connectivity index (χ4n) is 2.08. The van der Waals surface area contributed by atoms with Crippen LogP contribution in [0.1, 0.15) is 40.5 Å². The molecule has 0 aromatic rings. The van der Waals surface area contributed by atoms with Crippen LogP contribution in [0.3, 0.4) is 0 Å². The lowest BCUT2D eigenvalue weighted by molar-refractivity contribution is -0.153. The lowest BCUT2D eigenvalue weighted by Crippen LogP contribution is -2.68. The molecule has 18 heavy (non-hydrogen) atoms. The minimum atomic E-state index is -0.721. The first-order valence-corrected chi connectivity index (χ1v) is 7.82. The van der Waals surface area contributed by atoms with Crippen molar-refractivity contribution in [2.45, 2.75) is 52.1 Å². The maximum atomic E-state index is 12.4. The van der Waals surface area contributed by atoms with E-state index in [9.17, 15) is 9.59 Å². The van der Waals surface area contributed by atoms with Crippen molar-refractivity contribution in [1.82, 2.24) is 10.2 Å². The number of piperazine rings is 1. The number of hydrogen-bond donors (Lipinski definition) is 1. The van der Waals surface area contributed by atoms with Gasteiger partial charge in [0, 0.05) is 6.54 Å². The number of carbonyl (C=O) groups excluding carboxylic acids is 2. The molecule has 1 N–H and O–H groups in total. The Bertz CT molecular complexity index is 322. The Morgan fingerprint density at radius 3 is 2.61 bits per heavy atom. The van der Waals surface area contributed by atoms with Crippen LogP contribution in [0, 0.1) is 0 Å². The molecule has 0 aliphatic carbocycles. The van der Waals surface area contributed by atoms with Crippen LogP contribution in [0.2, 0.25) is 0 Å². The fourth-order valence-corrected chi connectivity index (χ4v) is 2.70. The highest BCUT2D eigenvalue weighted by atomic mass is 32.2. The summed E-state index contributed by atoms with van der Waals surface area (Å²) in [6.45, 7) is 8.35. The lowest BCUT2D eigenvalue weighted by atomic mass is 9.92. The van der Waals surface area contributed by atoms with E-state index in [2.05, 4.69) is 12.2 Å². The van der Waals surface area contributed by atoms with Gasteiger partial charge in [-0.15, -0.1) is 0 Å². The highest BCUT2D eigenvalue weighted by molar-refractivity contribution is 7.99. The van der Waals surface area contributed by atoms with Crippen LogP contribution in [0.15, 0.2) is 0 Å². The zero-order valence-corrected chi connectivity index (χ0v) is 12.6. The Morgan fingerprint density at radius 1 is 1.39 bits per heavy atom. The van der Waals surface area contributed by atoms with E-state index in [1.54, 1.807) is 11.8 Å². The SMILES string of the molecule is CCSCCCN1C(=O)C(C)(CC)NC(=O)C1C. The normalized spacial score (nSPS) is 28.4. The van der Waals surface area contributed by atoms with E-state index < -0.39 is 5.54 Å². The van der Waals surface area contributed by atoms with Crippen molar-refractivity contribution >= 4 is 23.6 Å². The molecule has 1 fully saturated rings. The van der Waals surface area contributed by atoms with Gasteiger partial charge in [0.25, 0.3) is 0 Å². The van der Waals surface area contributed by atoms with Gasteiger partial charge in [0.1, 0.15) is 11.6 Å². The minimum absolute atomic E-state index is 0.0397. The smallest absolute Gasteiger partial charge is 0.248 e. The van der Waals surface area contributed by atoms with E-state index in [0.717, 1.165) is 17.9 Å². The monoisotopic (exact) mass is 272 g/mol. The highest BCUT2D eigenvalue weighted by Gasteiger charge is 2.44. The predicted octanol–water partition coefficient (Wildman–Crippen LogP) is 1.65. The number of thioether (sulfide) groups is 1. The third-order valence-electron chi connectivity index (χ3n) is 3.58. The maximum absolute atomic E-state index is 12.4. The zero-order chi connectivity index (χ0) is 13.8. The van der Waals surface area contributed by atoms with Crippen LogP contribution in [0.4, 0.5) is 0 Å². The van der Waals surface area contributed by atoms with Gasteiger partial charge in [-0.1, -0.05) is 13.8 Å². The van der Waals surface area contributed by atoms with E-state index in [1.807, 2.05) is 25.6 Å². The molecule has 104 valence electrons. The summed E-state index contributed by atoms with van der Waals surface area (Å²) in [6, 6.07) is -0.344. The van der Waals surface area contributed by atoms with Gasteiger partial charge >= 0.3 is 0 Å². The summed E-state index contributed by atoms with van der Waals surface area (Å²) in [6.07, 6.45) is 1.58. The second-order valence-corrected chi connectivity index (χ2v) is 6.29. The molecule has 1 aliphatic rings. The van der Waals surface area contributed by atoms with Gasteiger partial charge in [-0.05, 0) is 38.2 Å². The molecular formula is C13H24N2O2S. The molecule has 0 bridgehead atoms. The molecule has 0 radical (unpaired) electrons. The summed E-state index contributed by atoms with van der Waals surface area (Å²) < 4.78 is 0. The fraction of sp³-hybridized carbons (Fsp3) is 0.846. The Morgan fingerprint density at radius 2 is 2.06 bits per heavy atom. The summed E-state index contributed by atoms with van der Waals surface area (Å²) in [5.41, 5.74) is -0.721. The van der Waals surface area contributed by atoms with E-state index >= 15 is 0 Å². The first kappa shape index (κ1) is 15.3. The average molecular weight is 272 g/mol. The molecule has 0 spiro atoms. The standard InChI is InChI=1S/C13H24N2O2S/c1-5-13(4)12(17)15(8-7-9-18-6-2)10(3)11(16)14-13/h10H,5-9H2,1-4H3,(H,14,16). The van der Waals surface area contributed by atoms with Crippen LogP contribution in [-0.2, 0) is 9.59 Å². The van der Waals surface area contributed by atoms with Gasteiger partial charge in [-0.25, -0.2) is 0 Å². The van der Waals surface area contributed by atoms with Crippen LogP contribution >= 0.6 is 11.8 Å². The number of carbonyl (C=O) groups is 2. The minimum Gasteiger partial charge on any atom is -0.340 e. The Kier molecular flexibility index (Phi) is 5.50. The predicted molar refractivity (Wildman–Crippen MR) is 75.6 cm³/mol. The number of nitrogens with one attached hydrogen (secondary N) is 1. The van der Waals surface area contributed by atoms with Crippen molar-refractivity contribution < 1.29 is 9.59 Å². The van der Waals surface area contributed by atoms with Gasteiger partial charge in [0.2, 0.25) is 11.8 Å². The topological polar surface area (TPSA) is 49.4 Å². The van der Waals surface area contributed by atoms with Crippen LogP contribution in [0.25, 0.3) is 0 Å². The van der Waals surface area contributed by atoms with Crippen molar-refractivity contribution in [3.63, 3.8) is 0 Å². The lowest BCUT2D eigenvalue weighted by Gasteiger charge is -2.43. The van der Waals surface area contributed by atoms with Crippen LogP contribution in [-0.4, -0.2) is 46.3 Å². The summed E-state index contributed by atoms with van der Waals surface area (Å²) >= 11 is 1.87. The maximum Gasteiger partial charge on any atom is 0.248 e. The van der Waals surface area contributed by atoms with E-state index in [0.29, 0.717) is 13.0 Å². The molecule has 2 amide bonds. The molecule has 2 atom stereocenters. The number of nitrogens with zero attached hydrogens (tertiary/aromatic N) is 1. The molecule has 0 aromatic heterocycles. The van der Waals surface area contributed by atoms with Crippen LogP contribution < -0.4 is 5.32 Å². The van der Waals surface area contributed by atoms with Gasteiger partial charge in [-0.2, -0.15) is 11.8 Å². The Hall–Kier alpha value is -0.710. The zero-order valence-electron chi connectivity index (χ0n) is 11.8. The summed E-state index contributed by atoms with van der Waals surface area (Å²) in [5.74, 6) is 2.15. The molecule has 1 rings (SSSR count). The first-order valence-electron chi connectivity index (χ1n) is 6.67. The molecule has 4 nitrogen and oxygen atoms in total. The third kappa shape index (κ3) is 3.19. The summed E-state index contributed by atoms with van der Waals surface area (Å²) in [7, 11) is 0. The number of amides is 2. The molecule has 5 heteroatoms. The van der Waals surface area contributed by atoms with Gasteiger partial charge < -0.3 is 10.2 Å². The summed E-state index contributed by atoms with van der Waals surface area (Å²) in [4.78, 5) is 26.0. The quantitative estimate of drug-likeness (QED) is 0.748. The molecule has 1 heterocycles. The van der Waals surface area contributed by atoms with Crippen molar-refractivity contribution in [3.8, 4) is 0 Å². The summed E-state index contributed by atoms with van der Waals surface area (Å²) in [5, 5.41) is 2.84. The highest BCUT2D eigenvalue weighted by Crippen LogP contribution is 2.21. The van der Waals surface area contributed by atoms with Crippen LogP contribution in [0.5, 0.6) is 0 Å². The van der Waals surface area contributed by atoms with E-state index in [-0.39, 0.29) is 17.9 Å². The second-order valence-electron chi connectivity index (χ2n) is 4.90. The second kappa shape index (κ2) is 6.45.